The molecule has 0 saturated heterocycles. The fraction of sp³-hybridized carbons (Fsp3) is 0.451. The number of halogens is 6. The summed E-state index contributed by atoms with van der Waals surface area (Å²) in [5.41, 5.74) is -2.90. The van der Waals surface area contributed by atoms with Crippen molar-refractivity contribution in [2.24, 2.45) is 0 Å². The van der Waals surface area contributed by atoms with E-state index in [-0.39, 0.29) is 68.1 Å². The van der Waals surface area contributed by atoms with Gasteiger partial charge in [0.1, 0.15) is 11.3 Å². The number of methoxy groups -OCH3 is 2. The molecule has 1 aliphatic rings. The molecule has 7 rings (SSSR count). The van der Waals surface area contributed by atoms with E-state index in [1.54, 1.807) is 31.4 Å². The summed E-state index contributed by atoms with van der Waals surface area (Å²) in [6, 6.07) is 16.6. The number of allylic oxidation sites excluding steroid dienone is 2. The summed E-state index contributed by atoms with van der Waals surface area (Å²) in [5, 5.41) is 1.77. The lowest BCUT2D eigenvalue weighted by atomic mass is 9.86. The number of thiophene rings is 3. The quantitative estimate of drug-likeness (QED) is 0.0758. The predicted octanol–water partition coefficient (Wildman–Crippen LogP) is 16.2. The summed E-state index contributed by atoms with van der Waals surface area (Å²) >= 11 is 3.82. The van der Waals surface area contributed by atoms with Gasteiger partial charge in [-0.15, -0.1) is 34.0 Å². The van der Waals surface area contributed by atoms with Crippen LogP contribution < -0.4 is 9.47 Å². The third-order valence-electron chi connectivity index (χ3n) is 11.5. The zero-order valence-corrected chi connectivity index (χ0v) is 41.1. The van der Waals surface area contributed by atoms with Crippen LogP contribution in [0.3, 0.4) is 0 Å². The largest absolute Gasteiger partial charge is 0.490 e. The lowest BCUT2D eigenvalue weighted by Gasteiger charge is -2.26. The van der Waals surface area contributed by atoms with Crippen LogP contribution in [-0.2, 0) is 25.7 Å². The van der Waals surface area contributed by atoms with Gasteiger partial charge in [-0.1, -0.05) is 86.6 Å². The number of rotatable bonds is 15. The highest BCUT2D eigenvalue weighted by Gasteiger charge is 2.81. The first-order valence-electron chi connectivity index (χ1n) is 21.5. The van der Waals surface area contributed by atoms with Gasteiger partial charge >= 0.3 is 17.8 Å². The Morgan fingerprint density at radius 3 is 1.71 bits per heavy atom. The van der Waals surface area contributed by atoms with Crippen molar-refractivity contribution in [2.45, 2.75) is 109 Å². The lowest BCUT2D eigenvalue weighted by Crippen LogP contribution is -2.48. The molecule has 4 aromatic heterocycles. The molecule has 0 unspecified atom stereocenters. The van der Waals surface area contributed by atoms with E-state index in [1.807, 2.05) is 85.9 Å². The summed E-state index contributed by atoms with van der Waals surface area (Å²) in [6.07, 6.45) is 0.937. The highest BCUT2D eigenvalue weighted by atomic mass is 32.1. The van der Waals surface area contributed by atoms with Gasteiger partial charge < -0.3 is 23.4 Å². The van der Waals surface area contributed by atoms with Gasteiger partial charge in [-0.05, 0) is 63.1 Å². The number of ether oxygens (including phenoxy) is 4. The monoisotopic (exact) mass is 958 g/mol. The first-order valence-corrected chi connectivity index (χ1v) is 24.0. The van der Waals surface area contributed by atoms with Crippen LogP contribution >= 0.6 is 34.0 Å². The molecule has 14 heteroatoms. The minimum Gasteiger partial charge on any atom is -0.490 e. The molecule has 2 aromatic carbocycles. The summed E-state index contributed by atoms with van der Waals surface area (Å²) in [6.45, 7) is 19.2. The molecule has 0 amide bonds. The van der Waals surface area contributed by atoms with Gasteiger partial charge in [-0.25, -0.2) is 0 Å². The van der Waals surface area contributed by atoms with Crippen molar-refractivity contribution in [3.8, 4) is 42.3 Å². The van der Waals surface area contributed by atoms with Gasteiger partial charge in [0.2, 0.25) is 0 Å². The van der Waals surface area contributed by atoms with Gasteiger partial charge in [-0.3, -0.25) is 0 Å². The average Bonchev–Trinajstić information content (AvgIpc) is 4.05. The van der Waals surface area contributed by atoms with Crippen molar-refractivity contribution in [2.75, 3.05) is 40.6 Å². The van der Waals surface area contributed by atoms with Crippen LogP contribution in [0.2, 0.25) is 0 Å². The van der Waals surface area contributed by atoms with Crippen LogP contribution in [0, 0.1) is 0 Å². The highest BCUT2D eigenvalue weighted by molar-refractivity contribution is 7.26. The fourth-order valence-corrected chi connectivity index (χ4v) is 11.3. The van der Waals surface area contributed by atoms with Crippen LogP contribution in [0.15, 0.2) is 70.5 Å². The van der Waals surface area contributed by atoms with Crippen LogP contribution in [0.1, 0.15) is 102 Å². The minimum absolute atomic E-state index is 0.0466. The molecule has 0 saturated carbocycles. The van der Waals surface area contributed by atoms with Crippen LogP contribution in [0.25, 0.3) is 52.9 Å². The van der Waals surface area contributed by atoms with Crippen LogP contribution in [-0.4, -0.2) is 58.4 Å². The Morgan fingerprint density at radius 1 is 0.585 bits per heavy atom. The molecule has 0 atom stereocenters. The van der Waals surface area contributed by atoms with Crippen molar-refractivity contribution in [1.29, 1.82) is 0 Å². The Labute approximate surface area is 389 Å². The smallest absolute Gasteiger partial charge is 0.380 e. The van der Waals surface area contributed by atoms with Crippen molar-refractivity contribution >= 4 is 56.1 Å². The predicted molar refractivity (Wildman–Crippen MR) is 254 cm³/mol. The molecule has 0 radical (unpaired) electrons. The zero-order chi connectivity index (χ0) is 47.5. The first kappa shape index (κ1) is 48.8. The first-order chi connectivity index (χ1) is 30.3. The molecule has 0 N–H and O–H groups in total. The van der Waals surface area contributed by atoms with Crippen LogP contribution in [0.4, 0.5) is 26.3 Å². The van der Waals surface area contributed by atoms with Gasteiger partial charge in [0.05, 0.1) is 18.1 Å². The van der Waals surface area contributed by atoms with E-state index in [9.17, 15) is 0 Å². The Bertz CT molecular complexity index is 2680. The van der Waals surface area contributed by atoms with Gasteiger partial charge in [0, 0.05) is 99.1 Å². The summed E-state index contributed by atoms with van der Waals surface area (Å²) in [7, 11) is 3.09. The third kappa shape index (κ3) is 9.19. The maximum absolute atomic E-state index is 17.3. The molecule has 4 heterocycles. The minimum atomic E-state index is -5.85. The second-order valence-electron chi connectivity index (χ2n) is 19.5. The molecular weight excluding hydrogens is 903 g/mol. The number of fused-ring (bicyclic) bond motifs is 1. The molecule has 0 spiro atoms. The van der Waals surface area contributed by atoms with Crippen molar-refractivity contribution in [1.82, 2.24) is 0 Å². The molecule has 0 aliphatic heterocycles. The molecule has 65 heavy (non-hydrogen) atoms. The molecule has 1 aliphatic carbocycles. The summed E-state index contributed by atoms with van der Waals surface area (Å²) < 4.78 is 131. The summed E-state index contributed by atoms with van der Waals surface area (Å²) in [5.74, 6) is -16.6. The highest BCUT2D eigenvalue weighted by Crippen LogP contribution is 2.68. The molecule has 6 aromatic rings. The van der Waals surface area contributed by atoms with Gasteiger partial charge in [-0.2, -0.15) is 26.3 Å². The molecule has 0 bridgehead atoms. The summed E-state index contributed by atoms with van der Waals surface area (Å²) in [4.78, 5) is 2.87. The zero-order valence-electron chi connectivity index (χ0n) is 38.6. The van der Waals surface area contributed by atoms with Gasteiger partial charge in [0.15, 0.2) is 11.5 Å². The van der Waals surface area contributed by atoms with E-state index in [0.29, 0.717) is 40.7 Å². The van der Waals surface area contributed by atoms with E-state index in [2.05, 4.69) is 0 Å². The van der Waals surface area contributed by atoms with Crippen molar-refractivity contribution < 1.29 is 49.7 Å². The second kappa shape index (κ2) is 17.9. The molecule has 350 valence electrons. The van der Waals surface area contributed by atoms with E-state index >= 15 is 26.3 Å². The number of hydrogen-bond donors (Lipinski definition) is 0. The number of alkyl halides is 6. The number of furan rings is 1. The van der Waals surface area contributed by atoms with Gasteiger partial charge in [0.25, 0.3) is 0 Å². The topological polar surface area (TPSA) is 50.1 Å². The normalized spacial score (nSPS) is 16.3. The number of benzene rings is 2. The Kier molecular flexibility index (Phi) is 13.4. The van der Waals surface area contributed by atoms with Crippen LogP contribution in [0.5, 0.6) is 11.5 Å². The van der Waals surface area contributed by atoms with E-state index in [0.717, 1.165) is 27.3 Å². The molecule has 0 fully saturated rings. The lowest BCUT2D eigenvalue weighted by molar-refractivity contribution is -0.254. The van der Waals surface area contributed by atoms with E-state index in [1.165, 1.54) is 48.0 Å². The standard InChI is InChI=1S/C51H56F6O5S3/c1-46(2,3)30-16-14-29(15-17-30)44-41(32-25-35(60-22-12-20-58-10)36(27-34(32)62-44)61-23-13-21-59-11)43-42(49(52,53)51(56,57)50(43,54)55)33-26-38(37-18-19-40(64-37)48(7,8)9)65-45(33)39-24-31(28-63-39)47(4,5)6/h14-19,24-28H,12-13,20-23H2,1-11H3. The second-order valence-corrected chi connectivity index (χ2v) is 22.6. The van der Waals surface area contributed by atoms with E-state index in [4.69, 9.17) is 23.4 Å². The Hall–Kier alpha value is -4.08. The average molecular weight is 959 g/mol. The Balaban J connectivity index is 1.59. The SMILES string of the molecule is COCCCOc1cc2oc(-c3ccc(C(C)(C)C)cc3)c(C3=C(c4cc(-c5ccc(C(C)(C)C)s5)sc4-c4cc(C(C)(C)C)cs4)C(F)(F)C(F)(F)C3(F)F)c2cc1OCCCOC. The molecule has 5 nitrogen and oxygen atoms in total. The molecular formula is C51H56F6O5S3. The third-order valence-corrected chi connectivity index (χ3v) is 15.4. The van der Waals surface area contributed by atoms with E-state index < -0.39 is 40.0 Å². The Morgan fingerprint density at radius 2 is 1.17 bits per heavy atom. The maximum Gasteiger partial charge on any atom is 0.380 e. The van der Waals surface area contributed by atoms with Crippen molar-refractivity contribution in [3.63, 3.8) is 0 Å². The van der Waals surface area contributed by atoms with Crippen molar-refractivity contribution in [3.05, 3.63) is 93.2 Å². The maximum atomic E-state index is 17.3. The fourth-order valence-electron chi connectivity index (χ4n) is 7.69. The number of hydrogen-bond acceptors (Lipinski definition) is 8.